The third-order valence-corrected chi connectivity index (χ3v) is 6.12. The Morgan fingerprint density at radius 2 is 1.74 bits per heavy atom. The van der Waals surface area contributed by atoms with E-state index in [1.807, 2.05) is 59.3 Å². The number of para-hydroxylation sites is 1. The fourth-order valence-electron chi connectivity index (χ4n) is 4.49. The number of urea groups is 1. The smallest absolute Gasteiger partial charge is 0.323 e. The van der Waals surface area contributed by atoms with Gasteiger partial charge in [0.1, 0.15) is 11.6 Å². The van der Waals surface area contributed by atoms with Gasteiger partial charge in [-0.25, -0.2) is 13.6 Å². The molecule has 1 N–H and O–H groups in total. The molecule has 0 spiro atoms. The van der Waals surface area contributed by atoms with Gasteiger partial charge in [0, 0.05) is 18.0 Å². The molecule has 1 aliphatic heterocycles. The summed E-state index contributed by atoms with van der Waals surface area (Å²) in [7, 11) is 3.10. The quantitative estimate of drug-likeness (QED) is 0.399. The minimum Gasteiger partial charge on any atom is -0.493 e. The summed E-state index contributed by atoms with van der Waals surface area (Å²) in [5.41, 5.74) is 3.21. The third-order valence-electron chi connectivity index (χ3n) is 6.12. The number of carbonyl (C=O) groups excluding carboxylic acids is 1. The lowest BCUT2D eigenvalue weighted by atomic mass is 10.0. The van der Waals surface area contributed by atoms with Crippen molar-refractivity contribution in [3.05, 3.63) is 107 Å². The fourth-order valence-corrected chi connectivity index (χ4v) is 4.49. The van der Waals surface area contributed by atoms with E-state index in [0.717, 1.165) is 40.7 Å². The Labute approximate surface area is 201 Å². The number of nitrogens with one attached hydrogen (secondary N) is 1. The zero-order valence-electron chi connectivity index (χ0n) is 19.2. The van der Waals surface area contributed by atoms with Crippen molar-refractivity contribution >= 4 is 11.7 Å². The topological polar surface area (TPSA) is 55.7 Å². The second kappa shape index (κ2) is 9.13. The molecule has 178 valence electrons. The average Bonchev–Trinajstić information content (AvgIpc) is 3.30. The molecule has 2 amide bonds. The Morgan fingerprint density at radius 1 is 0.943 bits per heavy atom. The summed E-state index contributed by atoms with van der Waals surface area (Å²) >= 11 is 0. The summed E-state index contributed by atoms with van der Waals surface area (Å²) < 4.78 is 41.1. The summed E-state index contributed by atoms with van der Waals surface area (Å²) in [6, 6.07) is 18.9. The first-order valence-corrected chi connectivity index (χ1v) is 11.0. The summed E-state index contributed by atoms with van der Waals surface area (Å²) in [4.78, 5) is 15.2. The van der Waals surface area contributed by atoms with E-state index in [1.54, 1.807) is 25.2 Å². The lowest BCUT2D eigenvalue weighted by molar-refractivity contribution is 0.194. The molecule has 0 fully saturated rings. The van der Waals surface area contributed by atoms with Gasteiger partial charge in [-0.05, 0) is 53.6 Å². The normalized spacial score (nSPS) is 14.5. The van der Waals surface area contributed by atoms with Crippen LogP contribution in [0.25, 0.3) is 5.69 Å². The van der Waals surface area contributed by atoms with Gasteiger partial charge in [-0.1, -0.05) is 24.3 Å². The van der Waals surface area contributed by atoms with Crippen molar-refractivity contribution < 1.29 is 23.0 Å². The highest BCUT2D eigenvalue weighted by atomic mass is 19.1. The van der Waals surface area contributed by atoms with Crippen LogP contribution in [0.1, 0.15) is 22.9 Å². The Hall–Kier alpha value is -4.33. The van der Waals surface area contributed by atoms with Crippen molar-refractivity contribution in [2.75, 3.05) is 19.5 Å². The number of amides is 2. The zero-order valence-corrected chi connectivity index (χ0v) is 19.2. The number of fused-ring (bicyclic) bond motifs is 3. The lowest BCUT2D eigenvalue weighted by Crippen LogP contribution is -2.38. The van der Waals surface area contributed by atoms with Crippen molar-refractivity contribution in [1.29, 1.82) is 0 Å². The van der Waals surface area contributed by atoms with Gasteiger partial charge >= 0.3 is 6.03 Å². The molecule has 8 heteroatoms. The molecule has 5 rings (SSSR count). The van der Waals surface area contributed by atoms with Crippen LogP contribution in [0, 0.1) is 11.6 Å². The molecule has 0 saturated heterocycles. The first-order chi connectivity index (χ1) is 17.0. The summed E-state index contributed by atoms with van der Waals surface area (Å²) in [6.07, 6.45) is 1.94. The number of nitrogens with zero attached hydrogens (tertiary/aromatic N) is 2. The molecule has 35 heavy (non-hydrogen) atoms. The van der Waals surface area contributed by atoms with Crippen molar-refractivity contribution in [3.8, 4) is 17.2 Å². The summed E-state index contributed by atoms with van der Waals surface area (Å²) in [6.45, 7) is 0.236. The number of carbonyl (C=O) groups is 1. The molecule has 0 unspecified atom stereocenters. The number of methoxy groups -OCH3 is 2. The van der Waals surface area contributed by atoms with E-state index in [1.165, 1.54) is 0 Å². The van der Waals surface area contributed by atoms with Gasteiger partial charge in [-0.3, -0.25) is 0 Å². The van der Waals surface area contributed by atoms with E-state index in [2.05, 4.69) is 5.32 Å². The number of aromatic nitrogens is 1. The summed E-state index contributed by atoms with van der Waals surface area (Å²) in [5, 5.41) is 2.56. The first-order valence-electron chi connectivity index (χ1n) is 11.0. The van der Waals surface area contributed by atoms with E-state index < -0.39 is 23.7 Å². The second-order valence-electron chi connectivity index (χ2n) is 8.13. The second-order valence-corrected chi connectivity index (χ2v) is 8.13. The maximum atomic E-state index is 14.4. The summed E-state index contributed by atoms with van der Waals surface area (Å²) in [5.74, 6) is -0.294. The van der Waals surface area contributed by atoms with Crippen LogP contribution < -0.4 is 14.8 Å². The monoisotopic (exact) mass is 475 g/mol. The maximum absolute atomic E-state index is 14.4. The lowest BCUT2D eigenvalue weighted by Gasteiger charge is -2.31. The van der Waals surface area contributed by atoms with E-state index in [4.69, 9.17) is 9.47 Å². The predicted octanol–water partition coefficient (Wildman–Crippen LogP) is 5.91. The van der Waals surface area contributed by atoms with Gasteiger partial charge in [0.15, 0.2) is 11.5 Å². The predicted molar refractivity (Wildman–Crippen MR) is 128 cm³/mol. The average molecular weight is 475 g/mol. The van der Waals surface area contributed by atoms with Crippen LogP contribution in [0.5, 0.6) is 11.5 Å². The van der Waals surface area contributed by atoms with E-state index in [9.17, 15) is 13.6 Å². The largest absolute Gasteiger partial charge is 0.493 e. The number of ether oxygens (including phenoxy) is 2. The van der Waals surface area contributed by atoms with Crippen molar-refractivity contribution in [1.82, 2.24) is 9.47 Å². The molecular weight excluding hydrogens is 452 g/mol. The van der Waals surface area contributed by atoms with Crippen LogP contribution in [0.3, 0.4) is 0 Å². The highest BCUT2D eigenvalue weighted by Gasteiger charge is 2.33. The van der Waals surface area contributed by atoms with Gasteiger partial charge in [-0.15, -0.1) is 0 Å². The highest BCUT2D eigenvalue weighted by molar-refractivity contribution is 5.90. The van der Waals surface area contributed by atoms with Crippen LogP contribution in [-0.2, 0) is 6.54 Å². The van der Waals surface area contributed by atoms with Gasteiger partial charge in [0.2, 0.25) is 0 Å². The van der Waals surface area contributed by atoms with Crippen LogP contribution in [-0.4, -0.2) is 29.7 Å². The zero-order chi connectivity index (χ0) is 24.5. The van der Waals surface area contributed by atoms with Gasteiger partial charge in [0.25, 0.3) is 0 Å². The molecule has 4 aromatic rings. The van der Waals surface area contributed by atoms with Crippen LogP contribution in [0.4, 0.5) is 19.3 Å². The van der Waals surface area contributed by atoms with E-state index >= 15 is 0 Å². The number of rotatable bonds is 4. The molecule has 3 aromatic carbocycles. The van der Waals surface area contributed by atoms with Gasteiger partial charge in [-0.2, -0.15) is 0 Å². The molecule has 0 bridgehead atoms. The number of anilines is 1. The minimum absolute atomic E-state index is 0.228. The standard InChI is InChI=1S/C27H23F2N3O3/c1-34-24-12-9-17(14-25(24)35-2)26-23-8-5-13-31(23)22-7-4-3-6-18(22)16-32(26)27(33)30-21-15-19(28)10-11-20(21)29/h3-15,26H,16H2,1-2H3,(H,30,33)/t26-/m0/s1. The van der Waals surface area contributed by atoms with Gasteiger partial charge < -0.3 is 24.3 Å². The van der Waals surface area contributed by atoms with E-state index in [0.29, 0.717) is 11.5 Å². The molecule has 0 aliphatic carbocycles. The Morgan fingerprint density at radius 3 is 2.54 bits per heavy atom. The van der Waals surface area contributed by atoms with Crippen molar-refractivity contribution in [3.63, 3.8) is 0 Å². The molecule has 2 heterocycles. The molecule has 1 aliphatic rings. The maximum Gasteiger partial charge on any atom is 0.323 e. The first kappa shape index (κ1) is 22.5. The molecular formula is C27H23F2N3O3. The fraction of sp³-hybridized carbons (Fsp3) is 0.148. The third kappa shape index (κ3) is 4.07. The highest BCUT2D eigenvalue weighted by Crippen LogP contribution is 2.40. The van der Waals surface area contributed by atoms with Crippen molar-refractivity contribution in [2.45, 2.75) is 12.6 Å². The molecule has 6 nitrogen and oxygen atoms in total. The number of hydrogen-bond donors (Lipinski definition) is 1. The van der Waals surface area contributed by atoms with Crippen LogP contribution in [0.15, 0.2) is 79.0 Å². The van der Waals surface area contributed by atoms with Crippen molar-refractivity contribution in [2.24, 2.45) is 0 Å². The van der Waals surface area contributed by atoms with E-state index in [-0.39, 0.29) is 12.2 Å². The van der Waals surface area contributed by atoms with Gasteiger partial charge in [0.05, 0.1) is 38.2 Å². The molecule has 1 aromatic heterocycles. The SMILES string of the molecule is COc1ccc([C@H]2c3cccn3-c3ccccc3CN2C(=O)Nc2cc(F)ccc2F)cc1OC. The minimum atomic E-state index is -0.721. The van der Waals surface area contributed by atoms with Crippen LogP contribution in [0.2, 0.25) is 0 Å². The molecule has 0 radical (unpaired) electrons. The van der Waals surface area contributed by atoms with Crippen LogP contribution >= 0.6 is 0 Å². The Bertz CT molecular complexity index is 1400. The number of benzene rings is 3. The number of hydrogen-bond acceptors (Lipinski definition) is 3. The Balaban J connectivity index is 1.65. The molecule has 1 atom stereocenters. The number of halogens is 2. The molecule has 0 saturated carbocycles. The Kier molecular flexibility index (Phi) is 5.86.